The molecule has 1 atom stereocenters. The quantitative estimate of drug-likeness (QED) is 0.898. The van der Waals surface area contributed by atoms with Crippen LogP contribution in [0.2, 0.25) is 0 Å². The normalized spacial score (nSPS) is 17.8. The molecule has 1 saturated heterocycles. The monoisotopic (exact) mass is 317 g/mol. The second-order valence-electron chi connectivity index (χ2n) is 6.99. The smallest absolute Gasteiger partial charge is 0.101 e. The summed E-state index contributed by atoms with van der Waals surface area (Å²) in [6.07, 6.45) is -0.466. The molecule has 0 aromatic heterocycles. The summed E-state index contributed by atoms with van der Waals surface area (Å²) in [5.74, 6) is 0. The standard InChI is InChI=1S/C18H27N3O2/c1-18(2,3)23-14-16(22)13-20-8-10-21(11-9-20)17-7-5-4-6-15(17)12-19/h4-7,16,22H,8-11,13-14H2,1-3H3/t16-/m0/s1. The van der Waals surface area contributed by atoms with E-state index in [0.717, 1.165) is 37.4 Å². The Hall–Kier alpha value is -1.61. The number of hydrogen-bond donors (Lipinski definition) is 1. The second-order valence-corrected chi connectivity index (χ2v) is 6.99. The van der Waals surface area contributed by atoms with Crippen molar-refractivity contribution in [1.82, 2.24) is 4.90 Å². The van der Waals surface area contributed by atoms with E-state index in [1.165, 1.54) is 0 Å². The minimum Gasteiger partial charge on any atom is -0.389 e. The number of hydrogen-bond acceptors (Lipinski definition) is 5. The van der Waals surface area contributed by atoms with E-state index in [2.05, 4.69) is 15.9 Å². The van der Waals surface area contributed by atoms with Gasteiger partial charge in [-0.15, -0.1) is 0 Å². The van der Waals surface area contributed by atoms with Crippen molar-refractivity contribution in [2.24, 2.45) is 0 Å². The Balaban J connectivity index is 1.81. The molecule has 23 heavy (non-hydrogen) atoms. The Morgan fingerprint density at radius 1 is 1.22 bits per heavy atom. The van der Waals surface area contributed by atoms with Gasteiger partial charge in [0.05, 0.1) is 29.6 Å². The van der Waals surface area contributed by atoms with Crippen LogP contribution in [0.5, 0.6) is 0 Å². The lowest BCUT2D eigenvalue weighted by Gasteiger charge is -2.37. The van der Waals surface area contributed by atoms with Gasteiger partial charge < -0.3 is 14.7 Å². The van der Waals surface area contributed by atoms with Gasteiger partial charge in [-0.25, -0.2) is 0 Å². The van der Waals surface area contributed by atoms with Crippen LogP contribution in [0.15, 0.2) is 24.3 Å². The van der Waals surface area contributed by atoms with Gasteiger partial charge in [0.25, 0.3) is 0 Å². The maximum absolute atomic E-state index is 10.1. The fourth-order valence-electron chi connectivity index (χ4n) is 2.71. The van der Waals surface area contributed by atoms with Crippen molar-refractivity contribution in [1.29, 1.82) is 5.26 Å². The minimum absolute atomic E-state index is 0.222. The van der Waals surface area contributed by atoms with Gasteiger partial charge in [-0.05, 0) is 32.9 Å². The molecule has 5 nitrogen and oxygen atoms in total. The minimum atomic E-state index is -0.466. The van der Waals surface area contributed by atoms with E-state index >= 15 is 0 Å². The van der Waals surface area contributed by atoms with Crippen molar-refractivity contribution >= 4 is 5.69 Å². The number of nitrogens with zero attached hydrogens (tertiary/aromatic N) is 3. The number of anilines is 1. The Morgan fingerprint density at radius 3 is 2.48 bits per heavy atom. The van der Waals surface area contributed by atoms with E-state index in [1.807, 2.05) is 45.0 Å². The summed E-state index contributed by atoms with van der Waals surface area (Å²) in [6.45, 7) is 10.5. The molecule has 0 amide bonds. The predicted octanol–water partition coefficient (Wildman–Crippen LogP) is 1.86. The van der Waals surface area contributed by atoms with Crippen molar-refractivity contribution < 1.29 is 9.84 Å². The molecule has 1 N–H and O–H groups in total. The molecule has 0 unspecified atom stereocenters. The maximum Gasteiger partial charge on any atom is 0.101 e. The van der Waals surface area contributed by atoms with Gasteiger partial charge in [0.2, 0.25) is 0 Å². The van der Waals surface area contributed by atoms with E-state index in [9.17, 15) is 10.4 Å². The van der Waals surface area contributed by atoms with Gasteiger partial charge in [-0.1, -0.05) is 12.1 Å². The summed E-state index contributed by atoms with van der Waals surface area (Å²) in [5.41, 5.74) is 1.51. The van der Waals surface area contributed by atoms with Crippen molar-refractivity contribution in [3.05, 3.63) is 29.8 Å². The first-order chi connectivity index (χ1) is 10.9. The number of benzene rings is 1. The van der Waals surface area contributed by atoms with Crippen LogP contribution in [0.3, 0.4) is 0 Å². The zero-order valence-electron chi connectivity index (χ0n) is 14.3. The van der Waals surface area contributed by atoms with Gasteiger partial charge in [-0.2, -0.15) is 5.26 Å². The van der Waals surface area contributed by atoms with Crippen molar-refractivity contribution in [2.45, 2.75) is 32.5 Å². The molecule has 0 spiro atoms. The topological polar surface area (TPSA) is 59.7 Å². The third-order valence-corrected chi connectivity index (χ3v) is 3.92. The lowest BCUT2D eigenvalue weighted by atomic mass is 10.1. The summed E-state index contributed by atoms with van der Waals surface area (Å²) < 4.78 is 5.63. The lowest BCUT2D eigenvalue weighted by molar-refractivity contribution is -0.0563. The summed E-state index contributed by atoms with van der Waals surface area (Å²) in [6, 6.07) is 9.97. The van der Waals surface area contributed by atoms with Gasteiger partial charge in [-0.3, -0.25) is 4.90 Å². The number of β-amino-alcohol motifs (C(OH)–C–C–N with tert-alkyl or cyclic N) is 1. The average molecular weight is 317 g/mol. The van der Waals surface area contributed by atoms with E-state index in [4.69, 9.17) is 4.74 Å². The van der Waals surface area contributed by atoms with Crippen LogP contribution in [0, 0.1) is 11.3 Å². The van der Waals surface area contributed by atoms with Crippen LogP contribution in [-0.4, -0.2) is 61.0 Å². The molecule has 1 aliphatic rings. The van der Waals surface area contributed by atoms with E-state index < -0.39 is 6.10 Å². The number of nitriles is 1. The van der Waals surface area contributed by atoms with E-state index in [0.29, 0.717) is 13.2 Å². The van der Waals surface area contributed by atoms with Crippen LogP contribution < -0.4 is 4.90 Å². The Labute approximate surface area is 139 Å². The molecule has 2 rings (SSSR count). The number of aliphatic hydroxyl groups is 1. The van der Waals surface area contributed by atoms with Gasteiger partial charge in [0, 0.05) is 32.7 Å². The number of ether oxygens (including phenoxy) is 1. The molecule has 0 bridgehead atoms. The summed E-state index contributed by atoms with van der Waals surface area (Å²) in [5, 5.41) is 19.3. The molecule has 1 aromatic rings. The molecule has 126 valence electrons. The van der Waals surface area contributed by atoms with Crippen LogP contribution in [0.1, 0.15) is 26.3 Å². The highest BCUT2D eigenvalue weighted by Crippen LogP contribution is 2.21. The molecule has 1 aromatic carbocycles. The van der Waals surface area contributed by atoms with E-state index in [1.54, 1.807) is 0 Å². The Kier molecular flexibility index (Phi) is 6.00. The first-order valence-electron chi connectivity index (χ1n) is 8.17. The largest absolute Gasteiger partial charge is 0.389 e. The maximum atomic E-state index is 10.1. The van der Waals surface area contributed by atoms with Crippen molar-refractivity contribution in [3.63, 3.8) is 0 Å². The van der Waals surface area contributed by atoms with Crippen molar-refractivity contribution in [3.8, 4) is 6.07 Å². The van der Waals surface area contributed by atoms with Crippen LogP contribution in [0.25, 0.3) is 0 Å². The summed E-state index contributed by atoms with van der Waals surface area (Å²) >= 11 is 0. The zero-order valence-corrected chi connectivity index (χ0v) is 14.3. The molecule has 0 saturated carbocycles. The lowest BCUT2D eigenvalue weighted by Crippen LogP contribution is -2.49. The SMILES string of the molecule is CC(C)(C)OC[C@@H](O)CN1CCN(c2ccccc2C#N)CC1. The second kappa shape index (κ2) is 7.78. The average Bonchev–Trinajstić information content (AvgIpc) is 2.53. The third kappa shape index (κ3) is 5.51. The van der Waals surface area contributed by atoms with E-state index in [-0.39, 0.29) is 5.60 Å². The molecule has 1 fully saturated rings. The van der Waals surface area contributed by atoms with Crippen LogP contribution >= 0.6 is 0 Å². The number of rotatable bonds is 5. The molecule has 1 heterocycles. The highest BCUT2D eigenvalue weighted by molar-refractivity contribution is 5.59. The molecular weight excluding hydrogens is 290 g/mol. The molecule has 1 aliphatic heterocycles. The van der Waals surface area contributed by atoms with Gasteiger partial charge >= 0.3 is 0 Å². The van der Waals surface area contributed by atoms with Crippen LogP contribution in [0.4, 0.5) is 5.69 Å². The first-order valence-corrected chi connectivity index (χ1v) is 8.17. The fraction of sp³-hybridized carbons (Fsp3) is 0.611. The van der Waals surface area contributed by atoms with Gasteiger partial charge in [0.15, 0.2) is 0 Å². The number of para-hydroxylation sites is 1. The number of aliphatic hydroxyl groups excluding tert-OH is 1. The Bertz CT molecular complexity index is 540. The molecular formula is C18H27N3O2. The first kappa shape index (κ1) is 17.7. The molecule has 0 radical (unpaired) electrons. The molecule has 5 heteroatoms. The predicted molar refractivity (Wildman–Crippen MR) is 91.5 cm³/mol. The van der Waals surface area contributed by atoms with Crippen LogP contribution in [-0.2, 0) is 4.74 Å². The van der Waals surface area contributed by atoms with Gasteiger partial charge in [0.1, 0.15) is 6.07 Å². The highest BCUT2D eigenvalue weighted by atomic mass is 16.5. The number of piperazine rings is 1. The highest BCUT2D eigenvalue weighted by Gasteiger charge is 2.22. The summed E-state index contributed by atoms with van der Waals surface area (Å²) in [7, 11) is 0. The summed E-state index contributed by atoms with van der Waals surface area (Å²) in [4.78, 5) is 4.50. The Morgan fingerprint density at radius 2 is 1.87 bits per heavy atom. The van der Waals surface area contributed by atoms with Crippen molar-refractivity contribution in [2.75, 3.05) is 44.2 Å². The zero-order chi connectivity index (χ0) is 16.9. The third-order valence-electron chi connectivity index (χ3n) is 3.92. The fourth-order valence-corrected chi connectivity index (χ4v) is 2.71. The molecule has 0 aliphatic carbocycles.